The minimum Gasteiger partial charge on any atom is -0.352 e. The largest absolute Gasteiger partial charge is 0.352 e. The first-order valence-corrected chi connectivity index (χ1v) is 6.43. The third-order valence-electron chi connectivity index (χ3n) is 2.38. The molecule has 0 spiro atoms. The molecule has 0 radical (unpaired) electrons. The predicted molar refractivity (Wildman–Crippen MR) is 70.2 cm³/mol. The maximum Gasteiger partial charge on any atom is 0.169 e. The quantitative estimate of drug-likeness (QED) is 0.740. The molecule has 1 rings (SSSR count). The second-order valence-electron chi connectivity index (χ2n) is 3.67. The summed E-state index contributed by atoms with van der Waals surface area (Å²) in [6, 6.07) is 4.65. The topological polar surface area (TPSA) is 30.5 Å². The summed E-state index contributed by atoms with van der Waals surface area (Å²) >= 11 is 5.92. The van der Waals surface area contributed by atoms with Gasteiger partial charge in [-0.3, -0.25) is 0 Å². The Kier molecular flexibility index (Phi) is 7.20. The maximum absolute atomic E-state index is 13.5. The van der Waals surface area contributed by atoms with Gasteiger partial charge in [-0.05, 0) is 26.0 Å². The zero-order valence-electron chi connectivity index (χ0n) is 10.7. The van der Waals surface area contributed by atoms with Gasteiger partial charge in [0.05, 0.1) is 0 Å². The fourth-order valence-corrected chi connectivity index (χ4v) is 1.78. The molecule has 1 aromatic rings. The van der Waals surface area contributed by atoms with Gasteiger partial charge in [0.15, 0.2) is 6.29 Å². The van der Waals surface area contributed by atoms with Crippen LogP contribution in [0.4, 0.5) is 4.39 Å². The van der Waals surface area contributed by atoms with Crippen LogP contribution in [0.5, 0.6) is 0 Å². The first-order valence-electron chi connectivity index (χ1n) is 6.05. The summed E-state index contributed by atoms with van der Waals surface area (Å²) < 4.78 is 24.2. The molecule has 0 aliphatic rings. The highest BCUT2D eigenvalue weighted by molar-refractivity contribution is 6.31. The Hall–Kier alpha value is -0.680. The van der Waals surface area contributed by atoms with Crippen molar-refractivity contribution < 1.29 is 13.9 Å². The Bertz CT molecular complexity index is 337. The summed E-state index contributed by atoms with van der Waals surface area (Å²) in [4.78, 5) is 0. The van der Waals surface area contributed by atoms with Gasteiger partial charge >= 0.3 is 0 Å². The number of ether oxygens (including phenoxy) is 2. The Morgan fingerprint density at radius 1 is 1.28 bits per heavy atom. The molecule has 0 aliphatic carbocycles. The first kappa shape index (κ1) is 15.4. The van der Waals surface area contributed by atoms with Crippen LogP contribution in [0.25, 0.3) is 0 Å². The van der Waals surface area contributed by atoms with Crippen LogP contribution in [0.2, 0.25) is 5.02 Å². The second kappa shape index (κ2) is 8.43. The molecule has 3 nitrogen and oxygen atoms in total. The molecular weight excluding hydrogens is 257 g/mol. The highest BCUT2D eigenvalue weighted by Crippen LogP contribution is 2.18. The van der Waals surface area contributed by atoms with E-state index in [4.69, 9.17) is 21.1 Å². The summed E-state index contributed by atoms with van der Waals surface area (Å²) in [5.74, 6) is -0.306. The lowest BCUT2D eigenvalue weighted by Crippen LogP contribution is -2.31. The normalized spacial score (nSPS) is 11.2. The number of rotatable bonds is 8. The molecule has 0 aliphatic heterocycles. The van der Waals surface area contributed by atoms with Gasteiger partial charge in [0.25, 0.3) is 0 Å². The van der Waals surface area contributed by atoms with Crippen molar-refractivity contribution in [2.45, 2.75) is 26.7 Å². The Balaban J connectivity index is 2.44. The van der Waals surface area contributed by atoms with Crippen LogP contribution >= 0.6 is 11.6 Å². The monoisotopic (exact) mass is 275 g/mol. The fourth-order valence-electron chi connectivity index (χ4n) is 1.55. The molecule has 0 heterocycles. The van der Waals surface area contributed by atoms with Gasteiger partial charge in [0.1, 0.15) is 5.82 Å². The van der Waals surface area contributed by atoms with Crippen molar-refractivity contribution in [1.82, 2.24) is 5.32 Å². The zero-order valence-corrected chi connectivity index (χ0v) is 11.5. The van der Waals surface area contributed by atoms with E-state index in [0.29, 0.717) is 36.9 Å². The smallest absolute Gasteiger partial charge is 0.169 e. The standard InChI is InChI=1S/C13H19ClFNO2/c1-3-17-13(18-4-2)9-16-8-10-11(14)6-5-7-12(10)15/h5-7,13,16H,3-4,8-9H2,1-2H3. The first-order chi connectivity index (χ1) is 8.69. The Morgan fingerprint density at radius 3 is 2.50 bits per heavy atom. The molecule has 18 heavy (non-hydrogen) atoms. The highest BCUT2D eigenvalue weighted by atomic mass is 35.5. The molecule has 0 fully saturated rings. The number of nitrogens with one attached hydrogen (secondary N) is 1. The summed E-state index contributed by atoms with van der Waals surface area (Å²) in [7, 11) is 0. The lowest BCUT2D eigenvalue weighted by Gasteiger charge is -2.17. The van der Waals surface area contributed by atoms with Crippen molar-refractivity contribution in [3.63, 3.8) is 0 Å². The lowest BCUT2D eigenvalue weighted by molar-refractivity contribution is -0.133. The lowest BCUT2D eigenvalue weighted by atomic mass is 10.2. The minimum atomic E-state index is -0.314. The van der Waals surface area contributed by atoms with E-state index in [1.165, 1.54) is 6.07 Å². The minimum absolute atomic E-state index is 0.306. The number of benzene rings is 1. The van der Waals surface area contributed by atoms with Gasteiger partial charge in [-0.25, -0.2) is 4.39 Å². The summed E-state index contributed by atoms with van der Waals surface area (Å²) in [6.45, 7) is 5.80. The Labute approximate surface area is 112 Å². The molecule has 0 saturated carbocycles. The van der Waals surface area contributed by atoms with E-state index in [9.17, 15) is 4.39 Å². The van der Waals surface area contributed by atoms with Crippen LogP contribution in [0.3, 0.4) is 0 Å². The molecule has 0 atom stereocenters. The molecule has 0 bridgehead atoms. The van der Waals surface area contributed by atoms with Crippen molar-refractivity contribution in [3.05, 3.63) is 34.6 Å². The second-order valence-corrected chi connectivity index (χ2v) is 4.08. The predicted octanol–water partition coefficient (Wildman–Crippen LogP) is 2.97. The summed E-state index contributed by atoms with van der Waals surface area (Å²) in [5, 5.41) is 3.50. The number of hydrogen-bond donors (Lipinski definition) is 1. The van der Waals surface area contributed by atoms with Crippen LogP contribution in [0.1, 0.15) is 19.4 Å². The van der Waals surface area contributed by atoms with Gasteiger partial charge < -0.3 is 14.8 Å². The van der Waals surface area contributed by atoms with Crippen LogP contribution in [-0.2, 0) is 16.0 Å². The molecule has 0 saturated heterocycles. The molecule has 102 valence electrons. The molecule has 1 aromatic carbocycles. The van der Waals surface area contributed by atoms with E-state index in [-0.39, 0.29) is 12.1 Å². The van der Waals surface area contributed by atoms with Gasteiger partial charge in [0.2, 0.25) is 0 Å². The summed E-state index contributed by atoms with van der Waals surface area (Å²) in [6.07, 6.45) is -0.314. The highest BCUT2D eigenvalue weighted by Gasteiger charge is 2.10. The van der Waals surface area contributed by atoms with E-state index >= 15 is 0 Å². The van der Waals surface area contributed by atoms with E-state index in [1.54, 1.807) is 12.1 Å². The van der Waals surface area contributed by atoms with Crippen LogP contribution in [0.15, 0.2) is 18.2 Å². The Morgan fingerprint density at radius 2 is 1.94 bits per heavy atom. The van der Waals surface area contributed by atoms with Crippen molar-refractivity contribution in [2.75, 3.05) is 19.8 Å². The summed E-state index contributed by atoms with van der Waals surface area (Å²) in [5.41, 5.74) is 0.464. The van der Waals surface area contributed by atoms with E-state index < -0.39 is 0 Å². The third-order valence-corrected chi connectivity index (χ3v) is 2.73. The van der Waals surface area contributed by atoms with E-state index in [1.807, 2.05) is 13.8 Å². The SMILES string of the molecule is CCOC(CNCc1c(F)cccc1Cl)OCC. The van der Waals surface area contributed by atoms with Crippen LogP contribution < -0.4 is 5.32 Å². The van der Waals surface area contributed by atoms with Crippen molar-refractivity contribution >= 4 is 11.6 Å². The van der Waals surface area contributed by atoms with Crippen molar-refractivity contribution in [1.29, 1.82) is 0 Å². The average Bonchev–Trinajstić information content (AvgIpc) is 2.33. The number of halogens is 2. The zero-order chi connectivity index (χ0) is 13.4. The average molecular weight is 276 g/mol. The van der Waals surface area contributed by atoms with Gasteiger partial charge in [-0.15, -0.1) is 0 Å². The fraction of sp³-hybridized carbons (Fsp3) is 0.538. The molecule has 1 N–H and O–H groups in total. The molecule has 0 aromatic heterocycles. The van der Waals surface area contributed by atoms with E-state index in [2.05, 4.69) is 5.32 Å². The molecule has 5 heteroatoms. The van der Waals surface area contributed by atoms with Crippen molar-refractivity contribution in [2.24, 2.45) is 0 Å². The van der Waals surface area contributed by atoms with Crippen LogP contribution in [0, 0.1) is 5.82 Å². The van der Waals surface area contributed by atoms with Gasteiger partial charge in [0, 0.05) is 36.9 Å². The molecular formula is C13H19ClFNO2. The van der Waals surface area contributed by atoms with Crippen LogP contribution in [-0.4, -0.2) is 26.0 Å². The molecule has 0 unspecified atom stereocenters. The third kappa shape index (κ3) is 4.90. The molecule has 0 amide bonds. The van der Waals surface area contributed by atoms with Crippen molar-refractivity contribution in [3.8, 4) is 0 Å². The van der Waals surface area contributed by atoms with Gasteiger partial charge in [-0.1, -0.05) is 17.7 Å². The maximum atomic E-state index is 13.5. The van der Waals surface area contributed by atoms with E-state index in [0.717, 1.165) is 0 Å². The van der Waals surface area contributed by atoms with Gasteiger partial charge in [-0.2, -0.15) is 0 Å². The number of hydrogen-bond acceptors (Lipinski definition) is 3.